The van der Waals surface area contributed by atoms with E-state index in [1.165, 1.54) is 0 Å². The molecular formula is C21H18N2O. The van der Waals surface area contributed by atoms with Gasteiger partial charge < -0.3 is 10.6 Å². The number of carbonyl (C=O) groups is 1. The van der Waals surface area contributed by atoms with Gasteiger partial charge in [-0.1, -0.05) is 54.6 Å². The third-order valence-corrected chi connectivity index (χ3v) is 4.48. The molecule has 1 aliphatic rings. The number of nitrogen functional groups attached to an aromatic ring is 1. The molecule has 24 heavy (non-hydrogen) atoms. The molecule has 0 fully saturated rings. The Labute approximate surface area is 141 Å². The van der Waals surface area contributed by atoms with Gasteiger partial charge in [0.2, 0.25) is 5.91 Å². The van der Waals surface area contributed by atoms with E-state index in [4.69, 9.17) is 5.73 Å². The van der Waals surface area contributed by atoms with Gasteiger partial charge >= 0.3 is 0 Å². The summed E-state index contributed by atoms with van der Waals surface area (Å²) >= 11 is 0. The van der Waals surface area contributed by atoms with Crippen molar-refractivity contribution < 1.29 is 4.79 Å². The van der Waals surface area contributed by atoms with Crippen LogP contribution in [0.15, 0.2) is 78.9 Å². The molecule has 1 unspecified atom stereocenters. The predicted molar refractivity (Wildman–Crippen MR) is 96.8 cm³/mol. The molecule has 3 aromatic carbocycles. The van der Waals surface area contributed by atoms with E-state index in [0.717, 1.165) is 28.1 Å². The molecular weight excluding hydrogens is 296 g/mol. The second-order valence-electron chi connectivity index (χ2n) is 6.05. The van der Waals surface area contributed by atoms with Gasteiger partial charge in [-0.2, -0.15) is 0 Å². The molecule has 0 saturated carbocycles. The van der Waals surface area contributed by atoms with Crippen molar-refractivity contribution >= 4 is 17.3 Å². The highest BCUT2D eigenvalue weighted by molar-refractivity contribution is 5.98. The molecule has 0 radical (unpaired) electrons. The van der Waals surface area contributed by atoms with E-state index in [1.54, 1.807) is 0 Å². The van der Waals surface area contributed by atoms with Gasteiger partial charge in [-0.15, -0.1) is 0 Å². The van der Waals surface area contributed by atoms with E-state index in [0.29, 0.717) is 6.42 Å². The van der Waals surface area contributed by atoms with Gasteiger partial charge in [-0.05, 0) is 41.0 Å². The zero-order valence-corrected chi connectivity index (χ0v) is 13.2. The van der Waals surface area contributed by atoms with Crippen LogP contribution in [-0.4, -0.2) is 5.91 Å². The summed E-state index contributed by atoms with van der Waals surface area (Å²) in [7, 11) is 0. The van der Waals surface area contributed by atoms with Crippen molar-refractivity contribution in [3.8, 4) is 0 Å². The molecule has 3 nitrogen and oxygen atoms in total. The van der Waals surface area contributed by atoms with Gasteiger partial charge in [0.25, 0.3) is 0 Å². The highest BCUT2D eigenvalue weighted by Gasteiger charge is 2.34. The number of hydrogen-bond donors (Lipinski definition) is 1. The molecule has 0 saturated heterocycles. The Hall–Kier alpha value is -3.07. The lowest BCUT2D eigenvalue weighted by atomic mass is 9.87. The average molecular weight is 314 g/mol. The zero-order valence-electron chi connectivity index (χ0n) is 13.2. The normalized spacial score (nSPS) is 16.8. The average Bonchev–Trinajstić information content (AvgIpc) is 2.62. The van der Waals surface area contributed by atoms with Gasteiger partial charge in [0.1, 0.15) is 0 Å². The van der Waals surface area contributed by atoms with Crippen molar-refractivity contribution in [3.63, 3.8) is 0 Å². The quantitative estimate of drug-likeness (QED) is 0.728. The topological polar surface area (TPSA) is 46.3 Å². The summed E-state index contributed by atoms with van der Waals surface area (Å²) < 4.78 is 0. The Morgan fingerprint density at radius 3 is 2.25 bits per heavy atom. The smallest absolute Gasteiger partial charge is 0.232 e. The van der Waals surface area contributed by atoms with E-state index < -0.39 is 0 Å². The fourth-order valence-corrected chi connectivity index (χ4v) is 3.41. The number of fused-ring (bicyclic) bond motifs is 1. The first-order chi connectivity index (χ1) is 11.7. The van der Waals surface area contributed by atoms with E-state index in [-0.39, 0.29) is 11.9 Å². The molecule has 0 aliphatic carbocycles. The van der Waals surface area contributed by atoms with Crippen LogP contribution in [0.4, 0.5) is 11.4 Å². The van der Waals surface area contributed by atoms with Crippen LogP contribution in [0.25, 0.3) is 0 Å². The van der Waals surface area contributed by atoms with Crippen molar-refractivity contribution in [1.82, 2.24) is 0 Å². The Morgan fingerprint density at radius 1 is 0.875 bits per heavy atom. The first-order valence-electron chi connectivity index (χ1n) is 8.04. The van der Waals surface area contributed by atoms with Gasteiger partial charge in [-0.3, -0.25) is 4.79 Å². The monoisotopic (exact) mass is 314 g/mol. The third-order valence-electron chi connectivity index (χ3n) is 4.48. The first-order valence-corrected chi connectivity index (χ1v) is 8.04. The number of carbonyl (C=O) groups excluding carboxylic acids is 1. The molecule has 1 atom stereocenters. The fourth-order valence-electron chi connectivity index (χ4n) is 3.41. The molecule has 0 spiro atoms. The van der Waals surface area contributed by atoms with Gasteiger partial charge in [-0.25, -0.2) is 0 Å². The van der Waals surface area contributed by atoms with Crippen LogP contribution < -0.4 is 10.6 Å². The summed E-state index contributed by atoms with van der Waals surface area (Å²) in [6.45, 7) is 0. The molecule has 3 aromatic rings. The number of hydrogen-bond acceptors (Lipinski definition) is 2. The largest absolute Gasteiger partial charge is 0.399 e. The van der Waals surface area contributed by atoms with Crippen LogP contribution in [0, 0.1) is 0 Å². The SMILES string of the molecule is Nc1ccc2c(c1)C(c1ccccc1)N(c1ccccc1)C(=O)C2. The maximum absolute atomic E-state index is 12.9. The Bertz CT molecular complexity index is 875. The minimum atomic E-state index is -0.159. The van der Waals surface area contributed by atoms with Crippen LogP contribution in [0.1, 0.15) is 22.7 Å². The minimum absolute atomic E-state index is 0.104. The summed E-state index contributed by atoms with van der Waals surface area (Å²) in [5, 5.41) is 0. The van der Waals surface area contributed by atoms with Crippen LogP contribution in [0.2, 0.25) is 0 Å². The molecule has 3 heteroatoms. The number of anilines is 2. The highest BCUT2D eigenvalue weighted by Crippen LogP contribution is 2.39. The zero-order chi connectivity index (χ0) is 16.5. The summed E-state index contributed by atoms with van der Waals surface area (Å²) in [6.07, 6.45) is 0.397. The Kier molecular flexibility index (Phi) is 3.54. The van der Waals surface area contributed by atoms with E-state index >= 15 is 0 Å². The van der Waals surface area contributed by atoms with Crippen molar-refractivity contribution in [2.45, 2.75) is 12.5 Å². The van der Waals surface area contributed by atoms with Crippen LogP contribution >= 0.6 is 0 Å². The van der Waals surface area contributed by atoms with E-state index in [9.17, 15) is 4.79 Å². The molecule has 1 aliphatic heterocycles. The minimum Gasteiger partial charge on any atom is -0.399 e. The van der Waals surface area contributed by atoms with Crippen molar-refractivity contribution in [2.24, 2.45) is 0 Å². The van der Waals surface area contributed by atoms with Crippen molar-refractivity contribution in [2.75, 3.05) is 10.6 Å². The van der Waals surface area contributed by atoms with Crippen LogP contribution in [0.3, 0.4) is 0 Å². The first kappa shape index (κ1) is 14.5. The molecule has 1 heterocycles. The molecule has 0 aromatic heterocycles. The number of benzene rings is 3. The lowest BCUT2D eigenvalue weighted by Gasteiger charge is -2.37. The Balaban J connectivity index is 1.94. The third kappa shape index (κ3) is 2.44. The van der Waals surface area contributed by atoms with Crippen LogP contribution in [-0.2, 0) is 11.2 Å². The number of para-hydroxylation sites is 1. The molecule has 1 amide bonds. The summed E-state index contributed by atoms with van der Waals surface area (Å²) in [6, 6.07) is 25.6. The van der Waals surface area contributed by atoms with Gasteiger partial charge in [0, 0.05) is 11.4 Å². The molecule has 4 rings (SSSR count). The second kappa shape index (κ2) is 5.85. The Morgan fingerprint density at radius 2 is 1.54 bits per heavy atom. The summed E-state index contributed by atoms with van der Waals surface area (Å²) in [5.74, 6) is 0.104. The number of nitrogens with two attached hydrogens (primary N) is 1. The summed E-state index contributed by atoms with van der Waals surface area (Å²) in [4.78, 5) is 14.8. The van der Waals surface area contributed by atoms with E-state index in [1.807, 2.05) is 71.6 Å². The van der Waals surface area contributed by atoms with E-state index in [2.05, 4.69) is 12.1 Å². The number of rotatable bonds is 2. The predicted octanol–water partition coefficient (Wildman–Crippen LogP) is 3.95. The maximum Gasteiger partial charge on any atom is 0.232 e. The van der Waals surface area contributed by atoms with Gasteiger partial charge in [0.15, 0.2) is 0 Å². The maximum atomic E-state index is 12.9. The lowest BCUT2D eigenvalue weighted by molar-refractivity contribution is -0.118. The number of nitrogens with zero attached hydrogens (tertiary/aromatic N) is 1. The lowest BCUT2D eigenvalue weighted by Crippen LogP contribution is -2.41. The standard InChI is InChI=1S/C21H18N2O/c22-17-12-11-16-13-20(24)23(18-9-5-2-6-10-18)21(19(16)14-17)15-7-3-1-4-8-15/h1-12,14,21H,13,22H2. The summed E-state index contributed by atoms with van der Waals surface area (Å²) in [5.41, 5.74) is 10.9. The van der Waals surface area contributed by atoms with Crippen molar-refractivity contribution in [3.05, 3.63) is 95.6 Å². The fraction of sp³-hybridized carbons (Fsp3) is 0.0952. The molecule has 0 bridgehead atoms. The molecule has 118 valence electrons. The second-order valence-corrected chi connectivity index (χ2v) is 6.05. The van der Waals surface area contributed by atoms with Gasteiger partial charge in [0.05, 0.1) is 12.5 Å². The van der Waals surface area contributed by atoms with Crippen LogP contribution in [0.5, 0.6) is 0 Å². The van der Waals surface area contributed by atoms with Crippen molar-refractivity contribution in [1.29, 1.82) is 0 Å². The number of amides is 1. The molecule has 2 N–H and O–H groups in total. The highest BCUT2D eigenvalue weighted by atomic mass is 16.2.